The quantitative estimate of drug-likeness (QED) is 0.216. The summed E-state index contributed by atoms with van der Waals surface area (Å²) in [6.07, 6.45) is 5.41. The van der Waals surface area contributed by atoms with E-state index in [1.165, 1.54) is 0 Å². The Labute approximate surface area is 184 Å². The highest BCUT2D eigenvalue weighted by atomic mass is 16.5. The van der Waals surface area contributed by atoms with Crippen molar-refractivity contribution in [3.05, 3.63) is 60.2 Å². The summed E-state index contributed by atoms with van der Waals surface area (Å²) in [6, 6.07) is 13.3. The minimum Gasteiger partial charge on any atom is -0.493 e. The Morgan fingerprint density at radius 3 is 2.13 bits per heavy atom. The number of ether oxygens (including phenoxy) is 4. The fourth-order valence-electron chi connectivity index (χ4n) is 3.01. The van der Waals surface area contributed by atoms with Crippen LogP contribution < -0.4 is 18.9 Å². The zero-order valence-corrected chi connectivity index (χ0v) is 18.5. The molecule has 6 heteroatoms. The first kappa shape index (κ1) is 23.6. The molecule has 0 aliphatic rings. The number of unbranched alkanes of at least 4 members (excludes halogenated alkanes) is 1. The normalized spacial score (nSPS) is 11.5. The summed E-state index contributed by atoms with van der Waals surface area (Å²) in [7, 11) is 6.34. The van der Waals surface area contributed by atoms with Gasteiger partial charge in [-0.15, -0.1) is 6.58 Å². The van der Waals surface area contributed by atoms with Gasteiger partial charge in [0.1, 0.15) is 11.8 Å². The highest BCUT2D eigenvalue weighted by molar-refractivity contribution is 6.34. The summed E-state index contributed by atoms with van der Waals surface area (Å²) in [6.45, 7) is 4.26. The first-order valence-corrected chi connectivity index (χ1v) is 9.83. The van der Waals surface area contributed by atoms with Crippen LogP contribution in [0.1, 0.15) is 24.0 Å². The predicted molar refractivity (Wildman–Crippen MR) is 124 cm³/mol. The molecule has 0 aromatic heterocycles. The van der Waals surface area contributed by atoms with Gasteiger partial charge in [0.05, 0.1) is 28.4 Å². The van der Waals surface area contributed by atoms with Gasteiger partial charge in [0, 0.05) is 12.1 Å². The summed E-state index contributed by atoms with van der Waals surface area (Å²) < 4.78 is 21.5. The number of allylic oxidation sites excluding steroid dienone is 2. The summed E-state index contributed by atoms with van der Waals surface area (Å²) >= 11 is 0. The minimum absolute atomic E-state index is 0.339. The van der Waals surface area contributed by atoms with Crippen molar-refractivity contribution in [3.8, 4) is 29.1 Å². The van der Waals surface area contributed by atoms with Gasteiger partial charge in [-0.1, -0.05) is 18.2 Å². The fraction of sp³-hybridized carbons (Fsp3) is 0.280. The lowest BCUT2D eigenvalue weighted by molar-refractivity contribution is 0.355. The van der Waals surface area contributed by atoms with E-state index < -0.39 is 0 Å². The van der Waals surface area contributed by atoms with Crippen LogP contribution in [-0.4, -0.2) is 40.7 Å². The Kier molecular flexibility index (Phi) is 9.18. The Morgan fingerprint density at radius 2 is 1.55 bits per heavy atom. The van der Waals surface area contributed by atoms with Gasteiger partial charge in [-0.3, -0.25) is 4.99 Å². The number of aliphatic imine (C=N–C) groups is 1. The second-order valence-electron chi connectivity index (χ2n) is 6.52. The lowest BCUT2D eigenvalue weighted by atomic mass is 9.98. The highest BCUT2D eigenvalue weighted by Crippen LogP contribution is 2.33. The zero-order valence-electron chi connectivity index (χ0n) is 18.5. The van der Waals surface area contributed by atoms with Crippen LogP contribution in [0.5, 0.6) is 23.0 Å². The van der Waals surface area contributed by atoms with E-state index in [-0.39, 0.29) is 0 Å². The third-order valence-electron chi connectivity index (χ3n) is 4.61. The molecule has 6 nitrogen and oxygen atoms in total. The first-order chi connectivity index (χ1) is 15.1. The molecule has 0 amide bonds. The molecule has 31 heavy (non-hydrogen) atoms. The van der Waals surface area contributed by atoms with Crippen LogP contribution in [0, 0.1) is 11.3 Å². The monoisotopic (exact) mass is 420 g/mol. The van der Waals surface area contributed by atoms with Crippen LogP contribution in [0.3, 0.4) is 0 Å². The predicted octanol–water partition coefficient (Wildman–Crippen LogP) is 5.19. The van der Waals surface area contributed by atoms with Crippen molar-refractivity contribution in [2.24, 2.45) is 4.99 Å². The van der Waals surface area contributed by atoms with Crippen molar-refractivity contribution < 1.29 is 18.9 Å². The van der Waals surface area contributed by atoms with Crippen LogP contribution in [0.2, 0.25) is 0 Å². The number of benzene rings is 2. The molecule has 162 valence electrons. The van der Waals surface area contributed by atoms with Crippen LogP contribution >= 0.6 is 0 Å². The van der Waals surface area contributed by atoms with Crippen molar-refractivity contribution in [1.29, 1.82) is 5.26 Å². The summed E-state index contributed by atoms with van der Waals surface area (Å²) in [5.41, 5.74) is 2.65. The molecule has 0 aliphatic carbocycles. The van der Waals surface area contributed by atoms with E-state index in [1.54, 1.807) is 28.4 Å². The van der Waals surface area contributed by atoms with Crippen molar-refractivity contribution >= 4 is 17.4 Å². The fourth-order valence-corrected chi connectivity index (χ4v) is 3.01. The molecule has 2 aromatic rings. The largest absolute Gasteiger partial charge is 0.493 e. The number of rotatable bonds is 11. The molecular formula is C25H28N2O4. The molecule has 0 N–H and O–H groups in total. The van der Waals surface area contributed by atoms with Crippen LogP contribution in [0.15, 0.2) is 54.0 Å². The molecule has 0 fully saturated rings. The van der Waals surface area contributed by atoms with Gasteiger partial charge in [-0.25, -0.2) is 0 Å². The van der Waals surface area contributed by atoms with Gasteiger partial charge in [-0.05, 0) is 54.3 Å². The van der Waals surface area contributed by atoms with Crippen molar-refractivity contribution in [1.82, 2.24) is 0 Å². The maximum absolute atomic E-state index is 9.86. The molecule has 0 bridgehead atoms. The molecule has 2 rings (SSSR count). The number of hydrogen-bond acceptors (Lipinski definition) is 6. The standard InChI is InChI=1S/C25H28N2O4/c1-6-7-8-13-27-21(17-26)20(19-10-12-23(29-3)25(16-19)31-5)14-18-9-11-22(28-2)24(15-18)30-4/h6,9-12,14-16H,1,7-8,13H2,2-5H3. The third-order valence-corrected chi connectivity index (χ3v) is 4.61. The zero-order chi connectivity index (χ0) is 22.6. The maximum Gasteiger partial charge on any atom is 0.161 e. The van der Waals surface area contributed by atoms with Gasteiger partial charge < -0.3 is 18.9 Å². The minimum atomic E-state index is 0.339. The lowest BCUT2D eigenvalue weighted by Crippen LogP contribution is -2.02. The van der Waals surface area contributed by atoms with E-state index in [1.807, 2.05) is 48.6 Å². The van der Waals surface area contributed by atoms with E-state index in [2.05, 4.69) is 17.6 Å². The Bertz CT molecular complexity index is 1000. The highest BCUT2D eigenvalue weighted by Gasteiger charge is 2.14. The number of nitriles is 1. The van der Waals surface area contributed by atoms with E-state index in [9.17, 15) is 5.26 Å². The second kappa shape index (κ2) is 12.1. The van der Waals surface area contributed by atoms with Gasteiger partial charge in [-0.2, -0.15) is 5.26 Å². The van der Waals surface area contributed by atoms with Crippen LogP contribution in [-0.2, 0) is 0 Å². The van der Waals surface area contributed by atoms with Crippen molar-refractivity contribution in [3.63, 3.8) is 0 Å². The van der Waals surface area contributed by atoms with E-state index in [0.717, 1.165) is 24.0 Å². The van der Waals surface area contributed by atoms with Gasteiger partial charge in [0.2, 0.25) is 0 Å². The van der Waals surface area contributed by atoms with Crippen molar-refractivity contribution in [2.75, 3.05) is 35.0 Å². The molecule has 0 spiro atoms. The number of nitrogens with zero attached hydrogens (tertiary/aromatic N) is 2. The molecule has 0 unspecified atom stereocenters. The smallest absolute Gasteiger partial charge is 0.161 e. The number of methoxy groups -OCH3 is 4. The van der Waals surface area contributed by atoms with Gasteiger partial charge >= 0.3 is 0 Å². The third kappa shape index (κ3) is 6.13. The summed E-state index contributed by atoms with van der Waals surface area (Å²) in [4.78, 5) is 4.54. The molecule has 0 aliphatic heterocycles. The summed E-state index contributed by atoms with van der Waals surface area (Å²) in [5.74, 6) is 2.41. The first-order valence-electron chi connectivity index (χ1n) is 9.83. The average Bonchev–Trinajstić information content (AvgIpc) is 2.82. The second-order valence-corrected chi connectivity index (χ2v) is 6.52. The summed E-state index contributed by atoms with van der Waals surface area (Å²) in [5, 5.41) is 9.86. The van der Waals surface area contributed by atoms with E-state index >= 15 is 0 Å². The molecular weight excluding hydrogens is 392 g/mol. The van der Waals surface area contributed by atoms with Crippen molar-refractivity contribution in [2.45, 2.75) is 12.8 Å². The Morgan fingerprint density at radius 1 is 0.935 bits per heavy atom. The SMILES string of the molecule is C=CCCCN=C(C#N)C(=Cc1ccc(OC)c(OC)c1)c1ccc(OC)c(OC)c1. The topological polar surface area (TPSA) is 73.1 Å². The Hall–Kier alpha value is -3.72. The van der Waals surface area contributed by atoms with Crippen LogP contribution in [0.4, 0.5) is 0 Å². The van der Waals surface area contributed by atoms with Gasteiger partial charge in [0.15, 0.2) is 23.0 Å². The molecule has 0 saturated carbocycles. The number of hydrogen-bond donors (Lipinski definition) is 0. The van der Waals surface area contributed by atoms with E-state index in [0.29, 0.717) is 40.8 Å². The molecule has 0 saturated heterocycles. The molecule has 0 heterocycles. The molecule has 2 aromatic carbocycles. The van der Waals surface area contributed by atoms with Crippen LogP contribution in [0.25, 0.3) is 11.6 Å². The van der Waals surface area contributed by atoms with E-state index in [4.69, 9.17) is 18.9 Å². The average molecular weight is 421 g/mol. The lowest BCUT2D eigenvalue weighted by Gasteiger charge is -2.13. The maximum atomic E-state index is 9.86. The van der Waals surface area contributed by atoms with Gasteiger partial charge in [0.25, 0.3) is 0 Å². The Balaban J connectivity index is 2.61. The molecule has 0 atom stereocenters. The molecule has 0 radical (unpaired) electrons.